The molecule has 0 saturated carbocycles. The Kier molecular flexibility index (Phi) is 2.91. The topological polar surface area (TPSA) is 42.9 Å². The van der Waals surface area contributed by atoms with Crippen molar-refractivity contribution in [3.63, 3.8) is 0 Å². The van der Waals surface area contributed by atoms with Gasteiger partial charge in [0.15, 0.2) is 11.6 Å². The first kappa shape index (κ1) is 8.84. The van der Waals surface area contributed by atoms with Crippen LogP contribution in [0, 0.1) is 6.92 Å². The average molecular weight is 164 g/mol. The highest BCUT2D eigenvalue weighted by Crippen LogP contribution is 1.99. The van der Waals surface area contributed by atoms with Crippen LogP contribution < -0.4 is 0 Å². The van der Waals surface area contributed by atoms with Gasteiger partial charge >= 0.3 is 0 Å². The largest absolute Gasteiger partial charge is 0.291 e. The number of hydrogen-bond donors (Lipinski definition) is 0. The highest BCUT2D eigenvalue weighted by Gasteiger charge is 2.05. The third-order valence-corrected chi connectivity index (χ3v) is 1.51. The van der Waals surface area contributed by atoms with Crippen LogP contribution in [0.25, 0.3) is 0 Å². The Morgan fingerprint density at radius 2 is 2.00 bits per heavy atom. The molecule has 0 aliphatic heterocycles. The monoisotopic (exact) mass is 164 g/mol. The van der Waals surface area contributed by atoms with Crippen LogP contribution in [0.1, 0.15) is 35.9 Å². The first-order chi connectivity index (χ1) is 5.74. The summed E-state index contributed by atoms with van der Waals surface area (Å²) in [6.07, 6.45) is 4.70. The minimum atomic E-state index is 0.0255. The molecule has 0 bridgehead atoms. The van der Waals surface area contributed by atoms with Crippen LogP contribution in [0.3, 0.4) is 0 Å². The first-order valence-corrected chi connectivity index (χ1v) is 4.06. The molecule has 0 aliphatic carbocycles. The third kappa shape index (κ3) is 2.12. The maximum atomic E-state index is 11.2. The number of rotatable bonds is 3. The lowest BCUT2D eigenvalue weighted by Gasteiger charge is -1.96. The molecule has 1 aromatic rings. The number of aryl methyl sites for hydroxylation is 1. The fraction of sp³-hybridized carbons (Fsp3) is 0.444. The summed E-state index contributed by atoms with van der Waals surface area (Å²) in [4.78, 5) is 19.1. The zero-order valence-electron chi connectivity index (χ0n) is 7.37. The van der Waals surface area contributed by atoms with Crippen LogP contribution in [0.5, 0.6) is 0 Å². The quantitative estimate of drug-likeness (QED) is 0.639. The van der Waals surface area contributed by atoms with Gasteiger partial charge in [-0.2, -0.15) is 0 Å². The van der Waals surface area contributed by atoms with Crippen molar-refractivity contribution in [3.05, 3.63) is 23.8 Å². The van der Waals surface area contributed by atoms with Crippen molar-refractivity contribution in [2.24, 2.45) is 0 Å². The van der Waals surface area contributed by atoms with Crippen LogP contribution in [-0.4, -0.2) is 15.8 Å². The Hall–Kier alpha value is -1.25. The predicted octanol–water partition coefficient (Wildman–Crippen LogP) is 1.77. The molecule has 0 aliphatic rings. The molecule has 1 rings (SSSR count). The molecular weight excluding hydrogens is 152 g/mol. The lowest BCUT2D eigenvalue weighted by molar-refractivity contribution is 0.0971. The van der Waals surface area contributed by atoms with E-state index < -0.39 is 0 Å². The molecule has 0 aromatic carbocycles. The molecule has 0 radical (unpaired) electrons. The smallest absolute Gasteiger partial charge is 0.200 e. The lowest BCUT2D eigenvalue weighted by atomic mass is 10.2. The molecule has 0 atom stereocenters. The van der Waals surface area contributed by atoms with Gasteiger partial charge in [0, 0.05) is 18.8 Å². The zero-order chi connectivity index (χ0) is 8.97. The zero-order valence-corrected chi connectivity index (χ0v) is 7.37. The van der Waals surface area contributed by atoms with E-state index in [0.29, 0.717) is 12.2 Å². The van der Waals surface area contributed by atoms with Crippen molar-refractivity contribution >= 4 is 5.78 Å². The van der Waals surface area contributed by atoms with E-state index >= 15 is 0 Å². The molecule has 0 unspecified atom stereocenters. The van der Waals surface area contributed by atoms with Crippen LogP contribution >= 0.6 is 0 Å². The summed E-state index contributed by atoms with van der Waals surface area (Å²) in [5.41, 5.74) is 0.975. The average Bonchev–Trinajstić information content (AvgIpc) is 2.06. The van der Waals surface area contributed by atoms with Crippen LogP contribution in [0.2, 0.25) is 0 Å². The summed E-state index contributed by atoms with van der Waals surface area (Å²) < 4.78 is 0. The van der Waals surface area contributed by atoms with Crippen molar-refractivity contribution < 1.29 is 4.79 Å². The SMILES string of the molecule is CCCC(=O)c1ncc(C)cn1. The lowest BCUT2D eigenvalue weighted by Crippen LogP contribution is -2.04. The predicted molar refractivity (Wildman–Crippen MR) is 46.0 cm³/mol. The molecule has 12 heavy (non-hydrogen) atoms. The van der Waals surface area contributed by atoms with Crippen LogP contribution in [-0.2, 0) is 0 Å². The van der Waals surface area contributed by atoms with Gasteiger partial charge in [-0.05, 0) is 18.9 Å². The number of aromatic nitrogens is 2. The van der Waals surface area contributed by atoms with Crippen molar-refractivity contribution in [2.45, 2.75) is 26.7 Å². The fourth-order valence-electron chi connectivity index (χ4n) is 0.875. The molecule has 64 valence electrons. The first-order valence-electron chi connectivity index (χ1n) is 4.06. The van der Waals surface area contributed by atoms with Crippen LogP contribution in [0.4, 0.5) is 0 Å². The van der Waals surface area contributed by atoms with Gasteiger partial charge in [0.1, 0.15) is 0 Å². The Morgan fingerprint density at radius 1 is 1.42 bits per heavy atom. The summed E-state index contributed by atoms with van der Waals surface area (Å²) in [7, 11) is 0. The second kappa shape index (κ2) is 3.95. The number of carbonyl (C=O) groups excluding carboxylic acids is 1. The van der Waals surface area contributed by atoms with Gasteiger partial charge in [-0.25, -0.2) is 9.97 Å². The Balaban J connectivity index is 2.75. The standard InChI is InChI=1S/C9H12N2O/c1-3-4-8(12)9-10-5-7(2)6-11-9/h5-6H,3-4H2,1-2H3. The molecule has 0 amide bonds. The normalized spacial score (nSPS) is 9.83. The molecular formula is C9H12N2O. The van der Waals surface area contributed by atoms with E-state index in [1.54, 1.807) is 12.4 Å². The van der Waals surface area contributed by atoms with E-state index in [-0.39, 0.29) is 5.78 Å². The number of carbonyl (C=O) groups is 1. The highest BCUT2D eigenvalue weighted by atomic mass is 16.1. The van der Waals surface area contributed by atoms with Crippen molar-refractivity contribution in [1.29, 1.82) is 0 Å². The van der Waals surface area contributed by atoms with Gasteiger partial charge in [0.25, 0.3) is 0 Å². The van der Waals surface area contributed by atoms with Crippen molar-refractivity contribution in [2.75, 3.05) is 0 Å². The van der Waals surface area contributed by atoms with Crippen molar-refractivity contribution in [3.8, 4) is 0 Å². The van der Waals surface area contributed by atoms with E-state index in [4.69, 9.17) is 0 Å². The second-order valence-electron chi connectivity index (χ2n) is 2.76. The van der Waals surface area contributed by atoms with Gasteiger partial charge in [-0.15, -0.1) is 0 Å². The van der Waals surface area contributed by atoms with E-state index in [2.05, 4.69) is 9.97 Å². The minimum absolute atomic E-state index is 0.0255. The molecule has 0 spiro atoms. The van der Waals surface area contributed by atoms with Gasteiger partial charge < -0.3 is 0 Å². The fourth-order valence-corrected chi connectivity index (χ4v) is 0.875. The number of Topliss-reactive ketones (excluding diaryl/α,β-unsaturated/α-hetero) is 1. The minimum Gasteiger partial charge on any atom is -0.291 e. The van der Waals surface area contributed by atoms with Crippen molar-refractivity contribution in [1.82, 2.24) is 9.97 Å². The molecule has 1 aromatic heterocycles. The molecule has 3 nitrogen and oxygen atoms in total. The van der Waals surface area contributed by atoms with Gasteiger partial charge in [0.2, 0.25) is 0 Å². The number of nitrogens with zero attached hydrogens (tertiary/aromatic N) is 2. The summed E-state index contributed by atoms with van der Waals surface area (Å²) in [5.74, 6) is 0.361. The molecule has 0 N–H and O–H groups in total. The maximum absolute atomic E-state index is 11.2. The molecule has 3 heteroatoms. The molecule has 0 saturated heterocycles. The van der Waals surface area contributed by atoms with Gasteiger partial charge in [0.05, 0.1) is 0 Å². The molecule has 0 fully saturated rings. The van der Waals surface area contributed by atoms with E-state index in [1.165, 1.54) is 0 Å². The molecule has 1 heterocycles. The summed E-state index contributed by atoms with van der Waals surface area (Å²) in [6.45, 7) is 3.86. The summed E-state index contributed by atoms with van der Waals surface area (Å²) in [6, 6.07) is 0. The Bertz CT molecular complexity index is 266. The maximum Gasteiger partial charge on any atom is 0.200 e. The third-order valence-electron chi connectivity index (χ3n) is 1.51. The van der Waals surface area contributed by atoms with Gasteiger partial charge in [-0.3, -0.25) is 4.79 Å². The Labute approximate surface area is 71.9 Å². The highest BCUT2D eigenvalue weighted by molar-refractivity contribution is 5.92. The second-order valence-corrected chi connectivity index (χ2v) is 2.76. The van der Waals surface area contributed by atoms with Crippen LogP contribution in [0.15, 0.2) is 12.4 Å². The van der Waals surface area contributed by atoms with Gasteiger partial charge in [-0.1, -0.05) is 6.92 Å². The Morgan fingerprint density at radius 3 is 2.50 bits per heavy atom. The number of hydrogen-bond acceptors (Lipinski definition) is 3. The van der Waals surface area contributed by atoms with E-state index in [1.807, 2.05) is 13.8 Å². The number of ketones is 1. The van der Waals surface area contributed by atoms with E-state index in [9.17, 15) is 4.79 Å². The summed E-state index contributed by atoms with van der Waals surface area (Å²) >= 11 is 0. The summed E-state index contributed by atoms with van der Waals surface area (Å²) in [5, 5.41) is 0. The van der Waals surface area contributed by atoms with E-state index in [0.717, 1.165) is 12.0 Å².